The van der Waals surface area contributed by atoms with Crippen LogP contribution < -0.4 is 10.6 Å². The van der Waals surface area contributed by atoms with E-state index in [1.165, 1.54) is 12.7 Å². The first-order chi connectivity index (χ1) is 10.7. The summed E-state index contributed by atoms with van der Waals surface area (Å²) < 4.78 is 10.3. The fourth-order valence-corrected chi connectivity index (χ4v) is 2.35. The van der Waals surface area contributed by atoms with Gasteiger partial charge in [0.2, 0.25) is 0 Å². The van der Waals surface area contributed by atoms with Crippen molar-refractivity contribution in [3.8, 4) is 0 Å². The second-order valence-corrected chi connectivity index (χ2v) is 5.06. The van der Waals surface area contributed by atoms with Gasteiger partial charge in [0.15, 0.2) is 12.1 Å². The van der Waals surface area contributed by atoms with Gasteiger partial charge in [-0.1, -0.05) is 0 Å². The molecule has 1 fully saturated rings. The Morgan fingerprint density at radius 3 is 3.05 bits per heavy atom. The number of anilines is 1. The van der Waals surface area contributed by atoms with Crippen molar-refractivity contribution < 1.29 is 13.9 Å². The molecule has 8 nitrogen and oxygen atoms in total. The molecule has 8 heteroatoms. The molecular formula is C14H17N5O3. The molecule has 22 heavy (non-hydrogen) atoms. The molecule has 2 aromatic heterocycles. The Bertz CT molecular complexity index is 631. The molecule has 1 aliphatic rings. The summed E-state index contributed by atoms with van der Waals surface area (Å²) in [4.78, 5) is 24.3. The van der Waals surface area contributed by atoms with Crippen LogP contribution in [0.5, 0.6) is 0 Å². The van der Waals surface area contributed by atoms with Crippen molar-refractivity contribution in [1.82, 2.24) is 20.3 Å². The number of hydrogen-bond donors (Lipinski definition) is 2. The molecule has 0 aromatic carbocycles. The maximum Gasteiger partial charge on any atom is 0.273 e. The number of rotatable bonds is 4. The van der Waals surface area contributed by atoms with Gasteiger partial charge in [-0.15, -0.1) is 0 Å². The molecule has 3 heterocycles. The molecule has 2 atom stereocenters. The molecule has 1 amide bonds. The van der Waals surface area contributed by atoms with Crippen LogP contribution in [0.2, 0.25) is 0 Å². The number of ether oxygens (including phenoxy) is 1. The first-order valence-corrected chi connectivity index (χ1v) is 7.05. The lowest BCUT2D eigenvalue weighted by Crippen LogP contribution is -2.52. The van der Waals surface area contributed by atoms with Crippen molar-refractivity contribution in [2.75, 3.05) is 18.5 Å². The summed E-state index contributed by atoms with van der Waals surface area (Å²) in [5.74, 6) is 1.14. The van der Waals surface area contributed by atoms with Crippen LogP contribution in [-0.2, 0) is 4.74 Å². The lowest BCUT2D eigenvalue weighted by Gasteiger charge is -2.32. The predicted octanol–water partition coefficient (Wildman–Crippen LogP) is 0.772. The molecule has 0 aliphatic carbocycles. The van der Waals surface area contributed by atoms with Gasteiger partial charge in [-0.05, 0) is 19.4 Å². The molecule has 2 N–H and O–H groups in total. The molecular weight excluding hydrogens is 286 g/mol. The fourth-order valence-electron chi connectivity index (χ4n) is 2.35. The summed E-state index contributed by atoms with van der Waals surface area (Å²) in [6, 6.07) is 1.64. The van der Waals surface area contributed by atoms with E-state index in [0.717, 1.165) is 0 Å². The second-order valence-electron chi connectivity index (χ2n) is 5.06. The molecule has 3 rings (SSSR count). The van der Waals surface area contributed by atoms with Gasteiger partial charge in [-0.25, -0.2) is 15.0 Å². The Morgan fingerprint density at radius 1 is 1.36 bits per heavy atom. The number of nitrogens with one attached hydrogen (secondary N) is 2. The molecule has 0 radical (unpaired) electrons. The molecule has 2 aromatic rings. The number of aromatic nitrogens is 3. The summed E-state index contributed by atoms with van der Waals surface area (Å²) >= 11 is 0. The van der Waals surface area contributed by atoms with E-state index in [1.807, 2.05) is 6.92 Å². The van der Waals surface area contributed by atoms with Crippen LogP contribution >= 0.6 is 0 Å². The molecule has 0 saturated carbocycles. The largest absolute Gasteiger partial charge is 0.451 e. The van der Waals surface area contributed by atoms with Crippen molar-refractivity contribution in [2.45, 2.75) is 25.4 Å². The van der Waals surface area contributed by atoms with E-state index in [4.69, 9.17) is 9.15 Å². The van der Waals surface area contributed by atoms with Gasteiger partial charge in [0.05, 0.1) is 18.7 Å². The average molecular weight is 303 g/mol. The SMILES string of the molecule is Cc1nccc(N[C@@H]2COCC[C@@H]2NC(=O)c2cocn2)n1. The minimum Gasteiger partial charge on any atom is -0.451 e. The van der Waals surface area contributed by atoms with E-state index in [9.17, 15) is 4.79 Å². The van der Waals surface area contributed by atoms with Crippen LogP contribution in [0.15, 0.2) is 29.3 Å². The van der Waals surface area contributed by atoms with Gasteiger partial charge in [0, 0.05) is 12.8 Å². The highest BCUT2D eigenvalue weighted by atomic mass is 16.5. The number of carbonyl (C=O) groups excluding carboxylic acids is 1. The Balaban J connectivity index is 1.67. The van der Waals surface area contributed by atoms with Gasteiger partial charge >= 0.3 is 0 Å². The van der Waals surface area contributed by atoms with Crippen LogP contribution in [0.1, 0.15) is 22.7 Å². The number of oxazole rings is 1. The van der Waals surface area contributed by atoms with E-state index in [2.05, 4.69) is 25.6 Å². The third kappa shape index (κ3) is 3.40. The van der Waals surface area contributed by atoms with Crippen LogP contribution in [0.3, 0.4) is 0 Å². The van der Waals surface area contributed by atoms with E-state index in [0.29, 0.717) is 31.3 Å². The number of amides is 1. The summed E-state index contributed by atoms with van der Waals surface area (Å²) in [6.07, 6.45) is 4.96. The topological polar surface area (TPSA) is 102 Å². The minimum atomic E-state index is -0.258. The number of carbonyl (C=O) groups is 1. The van der Waals surface area contributed by atoms with Crippen LogP contribution in [0.4, 0.5) is 5.82 Å². The monoisotopic (exact) mass is 303 g/mol. The first kappa shape index (κ1) is 14.5. The molecule has 1 aliphatic heterocycles. The minimum absolute atomic E-state index is 0.0705. The zero-order chi connectivity index (χ0) is 15.4. The summed E-state index contributed by atoms with van der Waals surface area (Å²) in [6.45, 7) is 2.92. The predicted molar refractivity (Wildman–Crippen MR) is 77.4 cm³/mol. The van der Waals surface area contributed by atoms with Gasteiger partial charge in [0.25, 0.3) is 5.91 Å². The highest BCUT2D eigenvalue weighted by Crippen LogP contribution is 2.14. The zero-order valence-electron chi connectivity index (χ0n) is 12.2. The lowest BCUT2D eigenvalue weighted by atomic mass is 10.0. The van der Waals surface area contributed by atoms with E-state index in [1.54, 1.807) is 12.3 Å². The number of hydrogen-bond acceptors (Lipinski definition) is 7. The van der Waals surface area contributed by atoms with Gasteiger partial charge < -0.3 is 19.8 Å². The van der Waals surface area contributed by atoms with Gasteiger partial charge in [-0.2, -0.15) is 0 Å². The fraction of sp³-hybridized carbons (Fsp3) is 0.429. The van der Waals surface area contributed by atoms with Crippen molar-refractivity contribution >= 4 is 11.7 Å². The third-order valence-electron chi connectivity index (χ3n) is 3.45. The zero-order valence-corrected chi connectivity index (χ0v) is 12.2. The highest BCUT2D eigenvalue weighted by Gasteiger charge is 2.28. The molecule has 116 valence electrons. The summed E-state index contributed by atoms with van der Waals surface area (Å²) in [5, 5.41) is 6.25. The maximum absolute atomic E-state index is 12.1. The van der Waals surface area contributed by atoms with Crippen LogP contribution in [0, 0.1) is 6.92 Å². The number of aryl methyl sites for hydroxylation is 1. The van der Waals surface area contributed by atoms with E-state index < -0.39 is 0 Å². The van der Waals surface area contributed by atoms with Crippen molar-refractivity contribution in [3.63, 3.8) is 0 Å². The quantitative estimate of drug-likeness (QED) is 0.860. The van der Waals surface area contributed by atoms with Crippen LogP contribution in [0.25, 0.3) is 0 Å². The molecule has 0 unspecified atom stereocenters. The number of nitrogens with zero attached hydrogens (tertiary/aromatic N) is 3. The Labute approximate surface area is 127 Å². The Hall–Kier alpha value is -2.48. The maximum atomic E-state index is 12.1. The molecule has 0 spiro atoms. The Kier molecular flexibility index (Phi) is 4.29. The third-order valence-corrected chi connectivity index (χ3v) is 3.45. The van der Waals surface area contributed by atoms with Crippen LogP contribution in [-0.4, -0.2) is 46.2 Å². The average Bonchev–Trinajstić information content (AvgIpc) is 3.04. The highest BCUT2D eigenvalue weighted by molar-refractivity contribution is 5.92. The van der Waals surface area contributed by atoms with Gasteiger partial charge in [-0.3, -0.25) is 4.79 Å². The summed E-state index contributed by atoms with van der Waals surface area (Å²) in [5.41, 5.74) is 0.267. The van der Waals surface area contributed by atoms with E-state index >= 15 is 0 Å². The summed E-state index contributed by atoms with van der Waals surface area (Å²) in [7, 11) is 0. The normalized spacial score (nSPS) is 21.3. The second kappa shape index (κ2) is 6.52. The Morgan fingerprint density at radius 2 is 2.27 bits per heavy atom. The van der Waals surface area contributed by atoms with Crippen molar-refractivity contribution in [2.24, 2.45) is 0 Å². The van der Waals surface area contributed by atoms with E-state index in [-0.39, 0.29) is 23.7 Å². The van der Waals surface area contributed by atoms with Gasteiger partial charge in [0.1, 0.15) is 17.9 Å². The smallest absolute Gasteiger partial charge is 0.273 e. The lowest BCUT2D eigenvalue weighted by molar-refractivity contribution is 0.0618. The molecule has 0 bridgehead atoms. The standard InChI is InChI=1S/C14H17N5O3/c1-9-15-4-2-13(17-9)18-11-6-21-5-3-10(11)19-14(20)12-7-22-8-16-12/h2,4,7-8,10-11H,3,5-6H2,1H3,(H,19,20)(H,15,17,18)/t10-,11+/m0/s1. The molecule has 1 saturated heterocycles. The van der Waals surface area contributed by atoms with Crippen molar-refractivity contribution in [3.05, 3.63) is 36.4 Å². The first-order valence-electron chi connectivity index (χ1n) is 7.05. The van der Waals surface area contributed by atoms with Crippen molar-refractivity contribution in [1.29, 1.82) is 0 Å².